The van der Waals surface area contributed by atoms with Crippen LogP contribution in [0, 0.1) is 11.6 Å². The second-order valence-electron chi connectivity index (χ2n) is 5.41. The van der Waals surface area contributed by atoms with Gasteiger partial charge in [-0.3, -0.25) is 4.79 Å². The molecule has 0 spiro atoms. The summed E-state index contributed by atoms with van der Waals surface area (Å²) in [4.78, 5) is 12.1. The quantitative estimate of drug-likeness (QED) is 0.914. The van der Waals surface area contributed by atoms with Crippen LogP contribution < -0.4 is 5.32 Å². The molecule has 2 atom stereocenters. The highest BCUT2D eigenvalue weighted by Crippen LogP contribution is 2.31. The van der Waals surface area contributed by atoms with E-state index in [4.69, 9.17) is 0 Å². The molecular weight excluding hydrogens is 288 g/mol. The first kappa shape index (κ1) is 14.7. The number of hydrogen-bond donors (Lipinski definition) is 2. The third kappa shape index (κ3) is 2.72. The Hall–Kier alpha value is -2.27. The summed E-state index contributed by atoms with van der Waals surface area (Å²) in [7, 11) is 0. The molecule has 2 aromatic rings. The van der Waals surface area contributed by atoms with Gasteiger partial charge in [0.25, 0.3) is 0 Å². The monoisotopic (exact) mass is 303 g/mol. The summed E-state index contributed by atoms with van der Waals surface area (Å²) in [5, 5.41) is 12.8. The zero-order valence-electron chi connectivity index (χ0n) is 11.7. The third-order valence-electron chi connectivity index (χ3n) is 3.90. The van der Waals surface area contributed by atoms with Gasteiger partial charge in [-0.15, -0.1) is 0 Å². The van der Waals surface area contributed by atoms with E-state index in [0.29, 0.717) is 6.42 Å². The van der Waals surface area contributed by atoms with Crippen LogP contribution in [0.1, 0.15) is 22.7 Å². The van der Waals surface area contributed by atoms with Gasteiger partial charge in [0.1, 0.15) is 0 Å². The minimum atomic E-state index is -1.01. The third-order valence-corrected chi connectivity index (χ3v) is 3.90. The lowest BCUT2D eigenvalue weighted by atomic mass is 10.1. The highest BCUT2D eigenvalue weighted by molar-refractivity contribution is 5.79. The maximum Gasteiger partial charge on any atom is 0.225 e. The molecule has 1 aliphatic rings. The Morgan fingerprint density at radius 1 is 1.18 bits per heavy atom. The predicted molar refractivity (Wildman–Crippen MR) is 77.1 cm³/mol. The summed E-state index contributed by atoms with van der Waals surface area (Å²) < 4.78 is 26.7. The van der Waals surface area contributed by atoms with E-state index in [1.54, 1.807) is 0 Å². The normalized spacial score (nSPS) is 19.8. The van der Waals surface area contributed by atoms with Crippen LogP contribution in [0.4, 0.5) is 8.78 Å². The number of rotatable bonds is 3. The van der Waals surface area contributed by atoms with Gasteiger partial charge in [0.15, 0.2) is 11.6 Å². The topological polar surface area (TPSA) is 49.3 Å². The fourth-order valence-electron chi connectivity index (χ4n) is 2.83. The van der Waals surface area contributed by atoms with Gasteiger partial charge in [0.05, 0.1) is 18.6 Å². The van der Waals surface area contributed by atoms with E-state index in [-0.39, 0.29) is 12.0 Å². The minimum absolute atomic E-state index is 0.00160. The number of hydrogen-bond acceptors (Lipinski definition) is 2. The molecule has 2 aromatic carbocycles. The first-order valence-corrected chi connectivity index (χ1v) is 7.04. The molecule has 0 fully saturated rings. The molecule has 5 heteroatoms. The van der Waals surface area contributed by atoms with Crippen LogP contribution in [0.15, 0.2) is 42.5 Å². The fourth-order valence-corrected chi connectivity index (χ4v) is 2.83. The van der Waals surface area contributed by atoms with Crippen LogP contribution in [0.2, 0.25) is 0 Å². The first-order valence-electron chi connectivity index (χ1n) is 7.04. The Labute approximate surface area is 126 Å². The van der Waals surface area contributed by atoms with Gasteiger partial charge < -0.3 is 10.4 Å². The standard InChI is InChI=1S/C17H15F2NO2/c18-13-7-3-5-11(16(13)19)9-15(22)20-17-12-6-2-1-4-10(12)8-14(17)21/h1-7,14,17,21H,8-9H2,(H,20,22). The summed E-state index contributed by atoms with van der Waals surface area (Å²) in [6.45, 7) is 0. The molecule has 114 valence electrons. The lowest BCUT2D eigenvalue weighted by molar-refractivity contribution is -0.122. The summed E-state index contributed by atoms with van der Waals surface area (Å²) >= 11 is 0. The summed E-state index contributed by atoms with van der Waals surface area (Å²) in [5.41, 5.74) is 1.85. The van der Waals surface area contributed by atoms with Crippen molar-refractivity contribution in [3.63, 3.8) is 0 Å². The number of carbonyl (C=O) groups is 1. The van der Waals surface area contributed by atoms with E-state index < -0.39 is 29.7 Å². The van der Waals surface area contributed by atoms with E-state index in [0.717, 1.165) is 17.2 Å². The largest absolute Gasteiger partial charge is 0.390 e. The summed E-state index contributed by atoms with van der Waals surface area (Å²) in [6, 6.07) is 10.7. The zero-order valence-corrected chi connectivity index (χ0v) is 11.7. The first-order chi connectivity index (χ1) is 10.6. The van der Waals surface area contributed by atoms with Gasteiger partial charge in [-0.25, -0.2) is 8.78 Å². The Morgan fingerprint density at radius 3 is 2.77 bits per heavy atom. The lowest BCUT2D eigenvalue weighted by Crippen LogP contribution is -2.35. The van der Waals surface area contributed by atoms with Crippen molar-refractivity contribution in [1.82, 2.24) is 5.32 Å². The Balaban J connectivity index is 1.74. The Kier molecular flexibility index (Phi) is 3.90. The summed E-state index contributed by atoms with van der Waals surface area (Å²) in [5.74, 6) is -2.44. The molecule has 1 amide bonds. The fraction of sp³-hybridized carbons (Fsp3) is 0.235. The van der Waals surface area contributed by atoms with Crippen LogP contribution >= 0.6 is 0 Å². The zero-order chi connectivity index (χ0) is 15.7. The van der Waals surface area contributed by atoms with Crippen molar-refractivity contribution in [3.05, 3.63) is 70.8 Å². The van der Waals surface area contributed by atoms with E-state index in [1.807, 2.05) is 24.3 Å². The van der Waals surface area contributed by atoms with Crippen LogP contribution in [-0.4, -0.2) is 17.1 Å². The Bertz CT molecular complexity index is 718. The molecule has 3 nitrogen and oxygen atoms in total. The molecule has 0 saturated carbocycles. The highest BCUT2D eigenvalue weighted by Gasteiger charge is 2.31. The second kappa shape index (κ2) is 5.85. The molecule has 0 heterocycles. The number of amides is 1. The number of halogens is 2. The van der Waals surface area contributed by atoms with Crippen molar-refractivity contribution in [1.29, 1.82) is 0 Å². The van der Waals surface area contributed by atoms with Crippen molar-refractivity contribution in [2.45, 2.75) is 25.0 Å². The van der Waals surface area contributed by atoms with Crippen LogP contribution in [-0.2, 0) is 17.6 Å². The summed E-state index contributed by atoms with van der Waals surface area (Å²) in [6.07, 6.45) is -0.511. The van der Waals surface area contributed by atoms with Crippen LogP contribution in [0.5, 0.6) is 0 Å². The van der Waals surface area contributed by atoms with Gasteiger partial charge in [-0.1, -0.05) is 36.4 Å². The van der Waals surface area contributed by atoms with E-state index in [1.165, 1.54) is 12.1 Å². The molecule has 0 bridgehead atoms. The molecule has 2 N–H and O–H groups in total. The van der Waals surface area contributed by atoms with Crippen molar-refractivity contribution < 1.29 is 18.7 Å². The van der Waals surface area contributed by atoms with Gasteiger partial charge in [-0.05, 0) is 17.2 Å². The second-order valence-corrected chi connectivity index (χ2v) is 5.41. The predicted octanol–water partition coefficient (Wildman–Crippen LogP) is 2.28. The van der Waals surface area contributed by atoms with Crippen molar-refractivity contribution >= 4 is 5.91 Å². The van der Waals surface area contributed by atoms with E-state index >= 15 is 0 Å². The molecule has 1 aliphatic carbocycles. The average Bonchev–Trinajstić information content (AvgIpc) is 2.80. The Morgan fingerprint density at radius 2 is 1.95 bits per heavy atom. The molecule has 0 radical (unpaired) electrons. The van der Waals surface area contributed by atoms with Crippen molar-refractivity contribution in [2.24, 2.45) is 0 Å². The van der Waals surface area contributed by atoms with Gasteiger partial charge >= 0.3 is 0 Å². The molecule has 2 unspecified atom stereocenters. The highest BCUT2D eigenvalue weighted by atomic mass is 19.2. The van der Waals surface area contributed by atoms with Crippen LogP contribution in [0.25, 0.3) is 0 Å². The molecule has 0 saturated heterocycles. The maximum atomic E-state index is 13.6. The molecular formula is C17H15F2NO2. The molecule has 22 heavy (non-hydrogen) atoms. The van der Waals surface area contributed by atoms with Gasteiger partial charge in [0, 0.05) is 12.0 Å². The van der Waals surface area contributed by atoms with Crippen molar-refractivity contribution in [3.8, 4) is 0 Å². The number of aliphatic hydroxyl groups is 1. The molecule has 0 aromatic heterocycles. The van der Waals surface area contributed by atoms with Gasteiger partial charge in [-0.2, -0.15) is 0 Å². The number of carbonyl (C=O) groups excluding carboxylic acids is 1. The van der Waals surface area contributed by atoms with E-state index in [9.17, 15) is 18.7 Å². The SMILES string of the molecule is O=C(Cc1cccc(F)c1F)NC1c2ccccc2CC1O. The van der Waals surface area contributed by atoms with Crippen molar-refractivity contribution in [2.75, 3.05) is 0 Å². The number of fused-ring (bicyclic) bond motifs is 1. The maximum absolute atomic E-state index is 13.6. The molecule has 0 aliphatic heterocycles. The van der Waals surface area contributed by atoms with E-state index in [2.05, 4.69) is 5.32 Å². The minimum Gasteiger partial charge on any atom is -0.390 e. The van der Waals surface area contributed by atoms with Gasteiger partial charge in [0.2, 0.25) is 5.91 Å². The average molecular weight is 303 g/mol. The smallest absolute Gasteiger partial charge is 0.225 e. The number of benzene rings is 2. The number of nitrogens with one attached hydrogen (secondary N) is 1. The number of aliphatic hydroxyl groups excluding tert-OH is 1. The van der Waals surface area contributed by atoms with Crippen LogP contribution in [0.3, 0.4) is 0 Å². The lowest BCUT2D eigenvalue weighted by Gasteiger charge is -2.18. The molecule has 3 rings (SSSR count).